The standard InChI is InChI=1S/C21H21BrN4O/c1-26-12-11-23-19(26)15-5-2-8-18(13-15)24-20(27)25-21(9-4-10-21)16-6-3-7-17(22)14-16/h2-3,5-8,11-14H,4,9-10H2,1H3,(H2,24,25,27). The number of anilines is 1. The van der Waals surface area contributed by atoms with Crippen molar-refractivity contribution in [3.8, 4) is 11.4 Å². The van der Waals surface area contributed by atoms with E-state index in [4.69, 9.17) is 0 Å². The van der Waals surface area contributed by atoms with Gasteiger partial charge in [0.05, 0.1) is 5.54 Å². The maximum Gasteiger partial charge on any atom is 0.319 e. The molecule has 4 rings (SSSR count). The fourth-order valence-electron chi connectivity index (χ4n) is 3.56. The lowest BCUT2D eigenvalue weighted by molar-refractivity contribution is 0.185. The Hall–Kier alpha value is -2.60. The monoisotopic (exact) mass is 424 g/mol. The predicted molar refractivity (Wildman–Crippen MR) is 110 cm³/mol. The summed E-state index contributed by atoms with van der Waals surface area (Å²) >= 11 is 3.52. The average molecular weight is 425 g/mol. The highest BCUT2D eigenvalue weighted by atomic mass is 79.9. The third kappa shape index (κ3) is 3.62. The Kier molecular flexibility index (Phi) is 4.74. The number of carbonyl (C=O) groups excluding carboxylic acids is 1. The number of rotatable bonds is 4. The molecule has 2 amide bonds. The number of carbonyl (C=O) groups is 1. The van der Waals surface area contributed by atoms with Gasteiger partial charge >= 0.3 is 6.03 Å². The second-order valence-corrected chi connectivity index (χ2v) is 7.88. The fraction of sp³-hybridized carbons (Fsp3) is 0.238. The largest absolute Gasteiger partial charge is 0.334 e. The van der Waals surface area contributed by atoms with Gasteiger partial charge in [-0.2, -0.15) is 0 Å². The van der Waals surface area contributed by atoms with E-state index in [1.54, 1.807) is 6.20 Å². The van der Waals surface area contributed by atoms with Gasteiger partial charge in [0.1, 0.15) is 5.82 Å². The van der Waals surface area contributed by atoms with Crippen LogP contribution in [0.5, 0.6) is 0 Å². The maximum atomic E-state index is 12.7. The molecule has 0 unspecified atom stereocenters. The Morgan fingerprint density at radius 1 is 1.19 bits per heavy atom. The number of amides is 2. The molecule has 0 radical (unpaired) electrons. The summed E-state index contributed by atoms with van der Waals surface area (Å²) in [6, 6.07) is 15.7. The second kappa shape index (κ2) is 7.19. The normalized spacial score (nSPS) is 15.0. The third-order valence-electron chi connectivity index (χ3n) is 5.14. The number of hydrogen-bond acceptors (Lipinski definition) is 2. The molecule has 0 atom stereocenters. The van der Waals surface area contributed by atoms with E-state index in [2.05, 4.69) is 43.7 Å². The van der Waals surface area contributed by atoms with Crippen molar-refractivity contribution in [2.45, 2.75) is 24.8 Å². The van der Waals surface area contributed by atoms with Crippen LogP contribution in [0.15, 0.2) is 65.4 Å². The molecule has 27 heavy (non-hydrogen) atoms. The molecule has 0 aliphatic heterocycles. The molecule has 0 bridgehead atoms. The first-order chi connectivity index (χ1) is 13.1. The number of imidazole rings is 1. The SMILES string of the molecule is Cn1ccnc1-c1cccc(NC(=O)NC2(c3cccc(Br)c3)CCC2)c1. The predicted octanol–water partition coefficient (Wildman–Crippen LogP) is 5.05. The first-order valence-electron chi connectivity index (χ1n) is 8.99. The van der Waals surface area contributed by atoms with Gasteiger partial charge in [-0.3, -0.25) is 0 Å². The van der Waals surface area contributed by atoms with Crippen molar-refractivity contribution in [1.29, 1.82) is 0 Å². The first-order valence-corrected chi connectivity index (χ1v) is 9.78. The highest BCUT2D eigenvalue weighted by Crippen LogP contribution is 2.42. The van der Waals surface area contributed by atoms with Crippen LogP contribution in [-0.4, -0.2) is 15.6 Å². The van der Waals surface area contributed by atoms with E-state index in [1.807, 2.05) is 54.2 Å². The molecule has 5 nitrogen and oxygen atoms in total. The van der Waals surface area contributed by atoms with Crippen molar-refractivity contribution in [3.63, 3.8) is 0 Å². The topological polar surface area (TPSA) is 59.0 Å². The minimum atomic E-state index is -0.287. The number of nitrogens with one attached hydrogen (secondary N) is 2. The molecule has 2 aromatic carbocycles. The number of halogens is 1. The molecule has 3 aromatic rings. The highest BCUT2D eigenvalue weighted by molar-refractivity contribution is 9.10. The van der Waals surface area contributed by atoms with E-state index < -0.39 is 0 Å². The van der Waals surface area contributed by atoms with Gasteiger partial charge in [0, 0.05) is 35.2 Å². The van der Waals surface area contributed by atoms with E-state index in [1.165, 1.54) is 0 Å². The summed E-state index contributed by atoms with van der Waals surface area (Å²) in [5.74, 6) is 0.864. The number of aromatic nitrogens is 2. The van der Waals surface area contributed by atoms with E-state index >= 15 is 0 Å². The van der Waals surface area contributed by atoms with Gasteiger partial charge in [-0.15, -0.1) is 0 Å². The van der Waals surface area contributed by atoms with Crippen LogP contribution in [0, 0.1) is 0 Å². The maximum absolute atomic E-state index is 12.7. The average Bonchev–Trinajstić information content (AvgIpc) is 3.04. The fourth-order valence-corrected chi connectivity index (χ4v) is 3.96. The van der Waals surface area contributed by atoms with Crippen LogP contribution >= 0.6 is 15.9 Å². The van der Waals surface area contributed by atoms with Gasteiger partial charge in [0.15, 0.2) is 0 Å². The van der Waals surface area contributed by atoms with Gasteiger partial charge in [-0.05, 0) is 49.1 Å². The Balaban J connectivity index is 1.50. The summed E-state index contributed by atoms with van der Waals surface area (Å²) in [6.07, 6.45) is 6.68. The zero-order valence-electron chi connectivity index (χ0n) is 15.1. The third-order valence-corrected chi connectivity index (χ3v) is 5.63. The van der Waals surface area contributed by atoms with Gasteiger partial charge < -0.3 is 15.2 Å². The molecular formula is C21H21BrN4O. The summed E-state index contributed by atoms with van der Waals surface area (Å²) < 4.78 is 2.98. The summed E-state index contributed by atoms with van der Waals surface area (Å²) in [5, 5.41) is 6.17. The van der Waals surface area contributed by atoms with Crippen molar-refractivity contribution < 1.29 is 4.79 Å². The molecular weight excluding hydrogens is 404 g/mol. The summed E-state index contributed by atoms with van der Waals surface area (Å²) in [6.45, 7) is 0. The molecule has 1 fully saturated rings. The van der Waals surface area contributed by atoms with Crippen LogP contribution in [0.25, 0.3) is 11.4 Å². The molecule has 1 saturated carbocycles. The second-order valence-electron chi connectivity index (χ2n) is 6.97. The molecule has 1 heterocycles. The lowest BCUT2D eigenvalue weighted by Crippen LogP contribution is -2.52. The van der Waals surface area contributed by atoms with Crippen LogP contribution < -0.4 is 10.6 Å². The Morgan fingerprint density at radius 3 is 2.67 bits per heavy atom. The van der Waals surface area contributed by atoms with Crippen LogP contribution in [0.3, 0.4) is 0 Å². The molecule has 138 valence electrons. The summed E-state index contributed by atoms with van der Waals surface area (Å²) in [7, 11) is 1.95. The minimum absolute atomic E-state index is 0.188. The van der Waals surface area contributed by atoms with E-state index in [9.17, 15) is 4.79 Å². The summed E-state index contributed by atoms with van der Waals surface area (Å²) in [5.41, 5.74) is 2.56. The van der Waals surface area contributed by atoms with Crippen molar-refractivity contribution >= 4 is 27.6 Å². The first kappa shape index (κ1) is 17.8. The number of benzene rings is 2. The lowest BCUT2D eigenvalue weighted by Gasteiger charge is -2.43. The Labute approximate surface area is 166 Å². The van der Waals surface area contributed by atoms with Gasteiger partial charge in [-0.25, -0.2) is 9.78 Å². The van der Waals surface area contributed by atoms with Crippen LogP contribution in [0.4, 0.5) is 10.5 Å². The van der Waals surface area contributed by atoms with E-state index in [0.29, 0.717) is 0 Å². The van der Waals surface area contributed by atoms with Gasteiger partial charge in [-0.1, -0.05) is 40.2 Å². The quantitative estimate of drug-likeness (QED) is 0.615. The zero-order valence-corrected chi connectivity index (χ0v) is 16.7. The number of nitrogens with zero attached hydrogens (tertiary/aromatic N) is 2. The lowest BCUT2D eigenvalue weighted by atomic mass is 9.72. The van der Waals surface area contributed by atoms with Crippen molar-refractivity contribution in [1.82, 2.24) is 14.9 Å². The minimum Gasteiger partial charge on any atom is -0.334 e. The Bertz CT molecular complexity index is 978. The molecule has 0 spiro atoms. The van der Waals surface area contributed by atoms with Gasteiger partial charge in [0.25, 0.3) is 0 Å². The molecule has 1 aliphatic rings. The number of urea groups is 1. The highest BCUT2D eigenvalue weighted by Gasteiger charge is 2.40. The number of hydrogen-bond donors (Lipinski definition) is 2. The zero-order chi connectivity index (χ0) is 18.9. The van der Waals surface area contributed by atoms with Crippen LogP contribution in [0.2, 0.25) is 0 Å². The van der Waals surface area contributed by atoms with Crippen molar-refractivity contribution in [3.05, 3.63) is 71.0 Å². The van der Waals surface area contributed by atoms with Crippen LogP contribution in [0.1, 0.15) is 24.8 Å². The van der Waals surface area contributed by atoms with Crippen molar-refractivity contribution in [2.24, 2.45) is 7.05 Å². The molecule has 0 saturated heterocycles. The summed E-state index contributed by atoms with van der Waals surface area (Å²) in [4.78, 5) is 17.1. The van der Waals surface area contributed by atoms with E-state index in [-0.39, 0.29) is 11.6 Å². The van der Waals surface area contributed by atoms with Crippen molar-refractivity contribution in [2.75, 3.05) is 5.32 Å². The van der Waals surface area contributed by atoms with Crippen LogP contribution in [-0.2, 0) is 12.6 Å². The molecule has 2 N–H and O–H groups in total. The molecule has 6 heteroatoms. The van der Waals surface area contributed by atoms with E-state index in [0.717, 1.165) is 46.4 Å². The molecule has 1 aliphatic carbocycles. The van der Waals surface area contributed by atoms with Gasteiger partial charge in [0.2, 0.25) is 0 Å². The smallest absolute Gasteiger partial charge is 0.319 e. The Morgan fingerprint density at radius 2 is 2.00 bits per heavy atom. The molecule has 1 aromatic heterocycles. The number of aryl methyl sites for hydroxylation is 1.